The third kappa shape index (κ3) is 3.20. The van der Waals surface area contributed by atoms with Gasteiger partial charge in [-0.2, -0.15) is 0 Å². The second-order valence-electron chi connectivity index (χ2n) is 3.92. The Balaban J connectivity index is 2.36. The molecule has 0 radical (unpaired) electrons. The van der Waals surface area contributed by atoms with Crippen LogP contribution in [0.3, 0.4) is 0 Å². The Labute approximate surface area is 122 Å². The van der Waals surface area contributed by atoms with Crippen molar-refractivity contribution in [1.29, 1.82) is 0 Å². The van der Waals surface area contributed by atoms with E-state index < -0.39 is 11.6 Å². The van der Waals surface area contributed by atoms with Crippen LogP contribution < -0.4 is 16.6 Å². The van der Waals surface area contributed by atoms with E-state index in [9.17, 15) is 8.78 Å². The summed E-state index contributed by atoms with van der Waals surface area (Å²) in [6.07, 6.45) is 0.585. The van der Waals surface area contributed by atoms with Gasteiger partial charge in [0.25, 0.3) is 0 Å². The zero-order valence-electron chi connectivity index (χ0n) is 10.5. The highest BCUT2D eigenvalue weighted by Gasteiger charge is 2.10. The smallest absolute Gasteiger partial charge is 0.148 e. The van der Waals surface area contributed by atoms with Crippen molar-refractivity contribution in [1.82, 2.24) is 9.97 Å². The molecule has 0 bridgehead atoms. The minimum absolute atomic E-state index is 0.0191. The maximum Gasteiger partial charge on any atom is 0.148 e. The van der Waals surface area contributed by atoms with Gasteiger partial charge < -0.3 is 10.7 Å². The van der Waals surface area contributed by atoms with Gasteiger partial charge in [0.1, 0.15) is 29.1 Å². The Morgan fingerprint density at radius 2 is 1.85 bits per heavy atom. The third-order valence-electron chi connectivity index (χ3n) is 2.51. The molecule has 0 aliphatic carbocycles. The molecule has 1 heterocycles. The molecule has 0 aliphatic rings. The van der Waals surface area contributed by atoms with Crippen LogP contribution in [0.5, 0.6) is 0 Å². The molecule has 0 saturated heterocycles. The van der Waals surface area contributed by atoms with Gasteiger partial charge in [-0.3, -0.25) is 0 Å². The molecule has 2 aromatic rings. The lowest BCUT2D eigenvalue weighted by atomic mass is 10.3. The number of nitrogen functional groups attached to an aromatic ring is 1. The first-order valence-corrected chi connectivity index (χ1v) is 6.59. The highest BCUT2D eigenvalue weighted by atomic mass is 79.9. The van der Waals surface area contributed by atoms with Gasteiger partial charge in [-0.15, -0.1) is 0 Å². The van der Waals surface area contributed by atoms with E-state index in [-0.39, 0.29) is 10.2 Å². The fourth-order valence-corrected chi connectivity index (χ4v) is 1.86. The van der Waals surface area contributed by atoms with Gasteiger partial charge in [-0.1, -0.05) is 6.92 Å². The zero-order valence-corrected chi connectivity index (χ0v) is 12.1. The molecule has 0 atom stereocenters. The Bertz CT molecular complexity index is 613. The van der Waals surface area contributed by atoms with E-state index in [1.54, 1.807) is 0 Å². The van der Waals surface area contributed by atoms with Crippen LogP contribution in [0.2, 0.25) is 0 Å². The number of nitrogens with one attached hydrogen (secondary N) is 2. The van der Waals surface area contributed by atoms with Gasteiger partial charge in [0.15, 0.2) is 0 Å². The van der Waals surface area contributed by atoms with Crippen molar-refractivity contribution in [2.75, 3.05) is 10.7 Å². The largest absolute Gasteiger partial charge is 0.338 e. The quantitative estimate of drug-likeness (QED) is 0.451. The van der Waals surface area contributed by atoms with Gasteiger partial charge in [-0.25, -0.2) is 24.6 Å². The number of hydrogen-bond donors (Lipinski definition) is 3. The van der Waals surface area contributed by atoms with Crippen LogP contribution in [0, 0.1) is 11.6 Å². The number of nitrogens with zero attached hydrogens (tertiary/aromatic N) is 2. The molecule has 1 aromatic carbocycles. The molecule has 106 valence electrons. The van der Waals surface area contributed by atoms with Gasteiger partial charge in [0.2, 0.25) is 0 Å². The minimum Gasteiger partial charge on any atom is -0.338 e. The van der Waals surface area contributed by atoms with E-state index in [2.05, 4.69) is 36.6 Å². The van der Waals surface area contributed by atoms with Gasteiger partial charge in [-0.05, 0) is 22.0 Å². The van der Waals surface area contributed by atoms with E-state index in [4.69, 9.17) is 5.84 Å². The number of halogens is 3. The average molecular weight is 344 g/mol. The number of rotatable bonds is 4. The highest BCUT2D eigenvalue weighted by molar-refractivity contribution is 9.10. The van der Waals surface area contributed by atoms with Crippen LogP contribution in [0.25, 0.3) is 0 Å². The third-order valence-corrected chi connectivity index (χ3v) is 3.12. The lowest BCUT2D eigenvalue weighted by Gasteiger charge is -2.10. The van der Waals surface area contributed by atoms with Crippen molar-refractivity contribution in [3.8, 4) is 0 Å². The van der Waals surface area contributed by atoms with Crippen LogP contribution in [0.15, 0.2) is 22.7 Å². The first kappa shape index (κ1) is 14.6. The van der Waals surface area contributed by atoms with Gasteiger partial charge in [0, 0.05) is 18.6 Å². The molecule has 0 spiro atoms. The summed E-state index contributed by atoms with van der Waals surface area (Å²) in [4.78, 5) is 8.27. The number of benzene rings is 1. The van der Waals surface area contributed by atoms with Crippen molar-refractivity contribution in [3.63, 3.8) is 0 Å². The predicted molar refractivity (Wildman–Crippen MR) is 76.6 cm³/mol. The van der Waals surface area contributed by atoms with Crippen LogP contribution in [0.1, 0.15) is 12.7 Å². The van der Waals surface area contributed by atoms with Crippen molar-refractivity contribution < 1.29 is 8.78 Å². The molecular formula is C12H12BrF2N5. The molecule has 0 fully saturated rings. The van der Waals surface area contributed by atoms with E-state index in [1.165, 1.54) is 6.07 Å². The van der Waals surface area contributed by atoms with E-state index in [0.29, 0.717) is 23.9 Å². The highest BCUT2D eigenvalue weighted by Crippen LogP contribution is 2.26. The van der Waals surface area contributed by atoms with Gasteiger partial charge >= 0.3 is 0 Å². The summed E-state index contributed by atoms with van der Waals surface area (Å²) in [6, 6.07) is 3.59. The molecule has 0 aliphatic heterocycles. The number of hydrogen-bond acceptors (Lipinski definition) is 5. The molecule has 8 heteroatoms. The summed E-state index contributed by atoms with van der Waals surface area (Å²) in [7, 11) is 0. The second-order valence-corrected chi connectivity index (χ2v) is 4.78. The summed E-state index contributed by atoms with van der Waals surface area (Å²) in [5, 5.41) is 2.71. The predicted octanol–water partition coefficient (Wildman–Crippen LogP) is 3.11. The van der Waals surface area contributed by atoms with Gasteiger partial charge in [0.05, 0.1) is 10.2 Å². The maximum absolute atomic E-state index is 13.7. The summed E-state index contributed by atoms with van der Waals surface area (Å²) in [5.41, 5.74) is 2.38. The molecule has 5 nitrogen and oxygen atoms in total. The molecule has 20 heavy (non-hydrogen) atoms. The maximum atomic E-state index is 13.7. The topological polar surface area (TPSA) is 75.9 Å². The van der Waals surface area contributed by atoms with Crippen molar-refractivity contribution in [2.24, 2.45) is 5.84 Å². The van der Waals surface area contributed by atoms with E-state index in [1.807, 2.05) is 6.92 Å². The zero-order chi connectivity index (χ0) is 14.7. The first-order valence-electron chi connectivity index (χ1n) is 5.79. The molecule has 4 N–H and O–H groups in total. The minimum atomic E-state index is -0.600. The standard InChI is InChI=1S/C12H12BrF2N5/c1-2-10-18-11(5-12(19-10)20-16)17-9-4-7(14)6(13)3-8(9)15/h3-5H,2,16H2,1H3,(H2,17,18,19,20). The second kappa shape index (κ2) is 6.10. The molecular weight excluding hydrogens is 332 g/mol. The lowest BCUT2D eigenvalue weighted by molar-refractivity contribution is 0.597. The number of nitrogens with two attached hydrogens (primary N) is 1. The summed E-state index contributed by atoms with van der Waals surface area (Å²) < 4.78 is 27.2. The average Bonchev–Trinajstić information content (AvgIpc) is 2.44. The van der Waals surface area contributed by atoms with Crippen molar-refractivity contribution in [3.05, 3.63) is 40.1 Å². The van der Waals surface area contributed by atoms with Crippen molar-refractivity contribution in [2.45, 2.75) is 13.3 Å². The first-order chi connectivity index (χ1) is 9.53. The molecule has 1 aromatic heterocycles. The Kier molecular flexibility index (Phi) is 4.46. The van der Waals surface area contributed by atoms with Crippen molar-refractivity contribution >= 4 is 33.3 Å². The summed E-state index contributed by atoms with van der Waals surface area (Å²) in [6.45, 7) is 1.87. The fraction of sp³-hybridized carbons (Fsp3) is 0.167. The lowest BCUT2D eigenvalue weighted by Crippen LogP contribution is -2.11. The Morgan fingerprint density at radius 1 is 1.15 bits per heavy atom. The molecule has 0 saturated carbocycles. The van der Waals surface area contributed by atoms with E-state index >= 15 is 0 Å². The summed E-state index contributed by atoms with van der Waals surface area (Å²) >= 11 is 2.92. The Morgan fingerprint density at radius 3 is 2.50 bits per heavy atom. The normalized spacial score (nSPS) is 10.4. The number of aryl methyl sites for hydroxylation is 1. The van der Waals surface area contributed by atoms with E-state index in [0.717, 1.165) is 12.1 Å². The van der Waals surface area contributed by atoms with Crippen LogP contribution in [0.4, 0.5) is 26.1 Å². The molecule has 2 rings (SSSR count). The van der Waals surface area contributed by atoms with Crippen LogP contribution >= 0.6 is 15.9 Å². The SMILES string of the molecule is CCc1nc(NN)cc(Nc2cc(F)c(Br)cc2F)n1. The Hall–Kier alpha value is -1.80. The van der Waals surface area contributed by atoms with Crippen LogP contribution in [-0.4, -0.2) is 9.97 Å². The fourth-order valence-electron chi connectivity index (χ4n) is 1.55. The number of anilines is 3. The molecule has 0 unspecified atom stereocenters. The van der Waals surface area contributed by atoms with Crippen LogP contribution in [-0.2, 0) is 6.42 Å². The number of aromatic nitrogens is 2. The molecule has 0 amide bonds. The summed E-state index contributed by atoms with van der Waals surface area (Å²) in [5.74, 6) is 5.37. The monoisotopic (exact) mass is 343 g/mol. The number of hydrazine groups is 1.